The molecule has 1 aliphatic rings. The molecule has 0 spiro atoms. The molecular weight excluding hydrogens is 284 g/mol. The number of hydrogen-bond donors (Lipinski definition) is 1. The molecule has 0 aliphatic carbocycles. The van der Waals surface area contributed by atoms with Crippen LogP contribution < -0.4 is 0 Å². The zero-order valence-corrected chi connectivity index (χ0v) is 13.0. The third-order valence-corrected chi connectivity index (χ3v) is 5.29. The maximum absolute atomic E-state index is 11.5. The summed E-state index contributed by atoms with van der Waals surface area (Å²) in [4.78, 5) is 16.7. The van der Waals surface area contributed by atoms with E-state index in [1.54, 1.807) is 0 Å². The molecule has 1 aromatic carbocycles. The third kappa shape index (κ3) is 3.10. The van der Waals surface area contributed by atoms with Gasteiger partial charge in [0.15, 0.2) is 0 Å². The number of nitrogens with zero attached hydrogens (tertiary/aromatic N) is 2. The molecule has 2 heterocycles. The number of carboxylic acid groups (broad SMARTS) is 1. The molecule has 0 unspecified atom stereocenters. The lowest BCUT2D eigenvalue weighted by molar-refractivity contribution is 0.0700. The molecule has 1 fully saturated rings. The fraction of sp³-hybridized carbons (Fsp3) is 0.438. The molecular formula is C16H20N2O2S. The second-order valence-electron chi connectivity index (χ2n) is 5.64. The minimum Gasteiger partial charge on any atom is -0.477 e. The van der Waals surface area contributed by atoms with Gasteiger partial charge in [0.25, 0.3) is 0 Å². The van der Waals surface area contributed by atoms with E-state index in [0.29, 0.717) is 4.88 Å². The number of hydrogen-bond acceptors (Lipinski definition) is 4. The lowest BCUT2D eigenvalue weighted by Crippen LogP contribution is -2.28. The fourth-order valence-corrected chi connectivity index (χ4v) is 3.96. The number of rotatable bonds is 3. The van der Waals surface area contributed by atoms with Crippen molar-refractivity contribution >= 4 is 27.4 Å². The summed E-state index contributed by atoms with van der Waals surface area (Å²) in [6.45, 7) is 4.93. The molecule has 5 heteroatoms. The number of carboxylic acids is 1. The largest absolute Gasteiger partial charge is 0.477 e. The summed E-state index contributed by atoms with van der Waals surface area (Å²) >= 11 is 1.39. The van der Waals surface area contributed by atoms with Gasteiger partial charge in [-0.05, 0) is 43.6 Å². The van der Waals surface area contributed by atoms with E-state index in [1.807, 2.05) is 24.3 Å². The highest BCUT2D eigenvalue weighted by Gasteiger charge is 2.20. The minimum absolute atomic E-state index is 0.494. The molecule has 0 radical (unpaired) electrons. The van der Waals surface area contributed by atoms with Gasteiger partial charge in [-0.25, -0.2) is 4.79 Å². The Bertz CT molecular complexity index is 653. The van der Waals surface area contributed by atoms with Gasteiger partial charge in [0.2, 0.25) is 0 Å². The molecule has 112 valence electrons. The van der Waals surface area contributed by atoms with Crippen molar-refractivity contribution in [1.82, 2.24) is 9.80 Å². The highest BCUT2D eigenvalue weighted by atomic mass is 32.1. The van der Waals surface area contributed by atoms with Gasteiger partial charge in [0.05, 0.1) is 0 Å². The topological polar surface area (TPSA) is 43.8 Å². The zero-order chi connectivity index (χ0) is 14.8. The first kappa shape index (κ1) is 14.5. The molecule has 1 N–H and O–H groups in total. The number of fused-ring (bicyclic) bond motifs is 1. The van der Waals surface area contributed by atoms with E-state index in [0.717, 1.165) is 54.8 Å². The van der Waals surface area contributed by atoms with Gasteiger partial charge in [0, 0.05) is 24.3 Å². The molecule has 0 bridgehead atoms. The van der Waals surface area contributed by atoms with E-state index >= 15 is 0 Å². The van der Waals surface area contributed by atoms with Gasteiger partial charge in [-0.3, -0.25) is 4.90 Å². The van der Waals surface area contributed by atoms with Crippen molar-refractivity contribution in [2.24, 2.45) is 0 Å². The van der Waals surface area contributed by atoms with E-state index < -0.39 is 5.97 Å². The van der Waals surface area contributed by atoms with Crippen molar-refractivity contribution in [3.05, 3.63) is 34.7 Å². The Kier molecular flexibility index (Phi) is 4.24. The Balaban J connectivity index is 1.91. The van der Waals surface area contributed by atoms with Crippen LogP contribution in [0.25, 0.3) is 10.1 Å². The van der Waals surface area contributed by atoms with Crippen LogP contribution in [0.1, 0.15) is 21.7 Å². The lowest BCUT2D eigenvalue weighted by atomic mass is 10.1. The maximum Gasteiger partial charge on any atom is 0.346 e. The number of likely N-dealkylation sites (N-methyl/N-ethyl adjacent to an activating group) is 1. The molecule has 21 heavy (non-hydrogen) atoms. The van der Waals surface area contributed by atoms with Crippen LogP contribution in [0.5, 0.6) is 0 Å². The van der Waals surface area contributed by atoms with Gasteiger partial charge in [-0.1, -0.05) is 18.2 Å². The summed E-state index contributed by atoms with van der Waals surface area (Å²) in [5, 5.41) is 10.6. The average molecular weight is 304 g/mol. The smallest absolute Gasteiger partial charge is 0.346 e. The zero-order valence-electron chi connectivity index (χ0n) is 12.2. The Morgan fingerprint density at radius 1 is 1.24 bits per heavy atom. The summed E-state index contributed by atoms with van der Waals surface area (Å²) < 4.78 is 1.07. The monoisotopic (exact) mass is 304 g/mol. The normalized spacial score (nSPS) is 18.0. The minimum atomic E-state index is -0.807. The first-order chi connectivity index (χ1) is 10.1. The Labute approximate surface area is 128 Å². The van der Waals surface area contributed by atoms with Crippen LogP contribution in [0.3, 0.4) is 0 Å². The molecule has 0 atom stereocenters. The molecule has 1 saturated heterocycles. The van der Waals surface area contributed by atoms with E-state index in [1.165, 1.54) is 11.3 Å². The molecule has 1 aromatic heterocycles. The number of aromatic carboxylic acids is 1. The SMILES string of the molecule is CN1CCCN(Cc2c(C(=O)O)sc3ccccc23)CC1. The lowest BCUT2D eigenvalue weighted by Gasteiger charge is -2.20. The van der Waals surface area contributed by atoms with Gasteiger partial charge in [-0.2, -0.15) is 0 Å². The average Bonchev–Trinajstić information content (AvgIpc) is 2.70. The first-order valence-electron chi connectivity index (χ1n) is 7.30. The summed E-state index contributed by atoms with van der Waals surface area (Å²) in [5.41, 5.74) is 0.979. The van der Waals surface area contributed by atoms with E-state index in [9.17, 15) is 9.90 Å². The number of benzene rings is 1. The quantitative estimate of drug-likeness (QED) is 0.947. The maximum atomic E-state index is 11.5. The van der Waals surface area contributed by atoms with E-state index in [2.05, 4.69) is 16.8 Å². The van der Waals surface area contributed by atoms with Crippen LogP contribution in [-0.4, -0.2) is 54.1 Å². The van der Waals surface area contributed by atoms with Crippen molar-refractivity contribution in [2.45, 2.75) is 13.0 Å². The van der Waals surface area contributed by atoms with Gasteiger partial charge in [0.1, 0.15) is 4.88 Å². The second kappa shape index (κ2) is 6.13. The predicted octanol–water partition coefficient (Wildman–Crippen LogP) is 2.74. The molecule has 0 amide bonds. The molecule has 0 saturated carbocycles. The van der Waals surface area contributed by atoms with Gasteiger partial charge >= 0.3 is 5.97 Å². The van der Waals surface area contributed by atoms with Gasteiger partial charge in [-0.15, -0.1) is 11.3 Å². The highest BCUT2D eigenvalue weighted by Crippen LogP contribution is 2.32. The van der Waals surface area contributed by atoms with Crippen molar-refractivity contribution in [3.8, 4) is 0 Å². The Hall–Kier alpha value is -1.43. The summed E-state index contributed by atoms with van der Waals surface area (Å²) in [6.07, 6.45) is 1.14. The Morgan fingerprint density at radius 3 is 2.86 bits per heavy atom. The molecule has 2 aromatic rings. The van der Waals surface area contributed by atoms with Crippen molar-refractivity contribution in [1.29, 1.82) is 0 Å². The standard InChI is InChI=1S/C16H20N2O2S/c1-17-7-4-8-18(10-9-17)11-13-12-5-2-3-6-14(12)21-15(13)16(19)20/h2-3,5-6H,4,7-11H2,1H3,(H,19,20). The number of carbonyl (C=O) groups is 1. The number of thiophene rings is 1. The predicted molar refractivity (Wildman–Crippen MR) is 86.2 cm³/mol. The van der Waals surface area contributed by atoms with Crippen LogP contribution in [0.15, 0.2) is 24.3 Å². The molecule has 4 nitrogen and oxygen atoms in total. The highest BCUT2D eigenvalue weighted by molar-refractivity contribution is 7.21. The van der Waals surface area contributed by atoms with Crippen LogP contribution in [0, 0.1) is 0 Å². The van der Waals surface area contributed by atoms with E-state index in [4.69, 9.17) is 0 Å². The summed E-state index contributed by atoms with van der Waals surface area (Å²) in [7, 11) is 2.15. The summed E-state index contributed by atoms with van der Waals surface area (Å²) in [5.74, 6) is -0.807. The third-order valence-electron chi connectivity index (χ3n) is 4.09. The van der Waals surface area contributed by atoms with E-state index in [-0.39, 0.29) is 0 Å². The van der Waals surface area contributed by atoms with Crippen molar-refractivity contribution in [2.75, 3.05) is 33.2 Å². The van der Waals surface area contributed by atoms with Crippen LogP contribution in [-0.2, 0) is 6.54 Å². The second-order valence-corrected chi connectivity index (χ2v) is 6.70. The van der Waals surface area contributed by atoms with Crippen molar-refractivity contribution in [3.63, 3.8) is 0 Å². The summed E-state index contributed by atoms with van der Waals surface area (Å²) in [6, 6.07) is 8.00. The molecule has 3 rings (SSSR count). The first-order valence-corrected chi connectivity index (χ1v) is 8.11. The molecule has 1 aliphatic heterocycles. The van der Waals surface area contributed by atoms with Crippen LogP contribution in [0.2, 0.25) is 0 Å². The van der Waals surface area contributed by atoms with Gasteiger partial charge < -0.3 is 10.0 Å². The Morgan fingerprint density at radius 2 is 2.05 bits per heavy atom. The van der Waals surface area contributed by atoms with Crippen LogP contribution >= 0.6 is 11.3 Å². The van der Waals surface area contributed by atoms with Crippen LogP contribution in [0.4, 0.5) is 0 Å². The fourth-order valence-electron chi connectivity index (χ4n) is 2.91. The van der Waals surface area contributed by atoms with Crippen molar-refractivity contribution < 1.29 is 9.90 Å².